The van der Waals surface area contributed by atoms with E-state index in [1.54, 1.807) is 0 Å². The van der Waals surface area contributed by atoms with Crippen LogP contribution in [0.5, 0.6) is 0 Å². The van der Waals surface area contributed by atoms with Crippen LogP contribution in [0, 0.1) is 6.92 Å². The van der Waals surface area contributed by atoms with Crippen molar-refractivity contribution >= 4 is 16.9 Å². The summed E-state index contributed by atoms with van der Waals surface area (Å²) >= 11 is 0. The molecule has 0 atom stereocenters. The van der Waals surface area contributed by atoms with Crippen LogP contribution in [-0.2, 0) is 11.2 Å². The number of aryl methyl sites for hydroxylation is 2. The average Bonchev–Trinajstić information content (AvgIpc) is 2.61. The van der Waals surface area contributed by atoms with Gasteiger partial charge in [0, 0.05) is 11.8 Å². The number of aromatic nitrogens is 1. The number of hydrogen-bond donors (Lipinski definition) is 1. The molecule has 0 aliphatic carbocycles. The minimum atomic E-state index is -0.755. The Morgan fingerprint density at radius 3 is 3.06 bits per heavy atom. The number of nitrogens with zero attached hydrogens (tertiary/aromatic N) is 1. The van der Waals surface area contributed by atoms with Gasteiger partial charge in [-0.05, 0) is 31.4 Å². The first-order valence-corrected chi connectivity index (χ1v) is 5.24. The Hall–Kier alpha value is -1.84. The number of aliphatic carboxylic acids is 1. The summed E-state index contributed by atoms with van der Waals surface area (Å²) in [6.45, 7) is 1.90. The van der Waals surface area contributed by atoms with Crippen molar-refractivity contribution in [1.82, 2.24) is 5.16 Å². The minimum absolute atomic E-state index is 0.195. The van der Waals surface area contributed by atoms with Crippen LogP contribution in [-0.4, -0.2) is 16.2 Å². The highest BCUT2D eigenvalue weighted by Crippen LogP contribution is 2.23. The lowest BCUT2D eigenvalue weighted by atomic mass is 10.0. The molecule has 0 radical (unpaired) electrons. The second-order valence-corrected chi connectivity index (χ2v) is 3.81. The zero-order chi connectivity index (χ0) is 11.5. The zero-order valence-electron chi connectivity index (χ0n) is 9.06. The van der Waals surface area contributed by atoms with Crippen LogP contribution in [0.4, 0.5) is 0 Å². The molecule has 4 heteroatoms. The number of fused-ring (bicyclic) bond motifs is 1. The van der Waals surface area contributed by atoms with E-state index in [4.69, 9.17) is 9.63 Å². The lowest BCUT2D eigenvalue weighted by Gasteiger charge is -2.01. The molecule has 2 rings (SSSR count). The number of carboxylic acids is 1. The van der Waals surface area contributed by atoms with Crippen molar-refractivity contribution in [3.05, 3.63) is 29.5 Å². The summed E-state index contributed by atoms with van der Waals surface area (Å²) in [7, 11) is 0. The molecule has 0 unspecified atom stereocenters. The van der Waals surface area contributed by atoms with E-state index in [0.717, 1.165) is 28.6 Å². The second-order valence-electron chi connectivity index (χ2n) is 3.81. The molecule has 0 bridgehead atoms. The monoisotopic (exact) mass is 219 g/mol. The van der Waals surface area contributed by atoms with Gasteiger partial charge in [-0.25, -0.2) is 0 Å². The maximum atomic E-state index is 10.4. The minimum Gasteiger partial charge on any atom is -0.481 e. The summed E-state index contributed by atoms with van der Waals surface area (Å²) in [5.41, 5.74) is 2.74. The predicted octanol–water partition coefficient (Wildman–Crippen LogP) is 2.54. The van der Waals surface area contributed by atoms with E-state index < -0.39 is 5.97 Å². The van der Waals surface area contributed by atoms with Crippen molar-refractivity contribution in [2.75, 3.05) is 0 Å². The van der Waals surface area contributed by atoms with Gasteiger partial charge in [0.05, 0.1) is 5.69 Å². The molecule has 16 heavy (non-hydrogen) atoms. The van der Waals surface area contributed by atoms with Crippen molar-refractivity contribution in [1.29, 1.82) is 0 Å². The fourth-order valence-corrected chi connectivity index (χ4v) is 1.86. The standard InChI is InChI=1S/C12H13NO3/c1-8-12-9(5-3-7-11(14)15)4-2-6-10(12)16-13-8/h2,4,6H,3,5,7H2,1H3,(H,14,15). The Bertz CT molecular complexity index is 516. The third kappa shape index (κ3) is 2.05. The van der Waals surface area contributed by atoms with Crippen LogP contribution >= 0.6 is 0 Å². The molecular weight excluding hydrogens is 206 g/mol. The fraction of sp³-hybridized carbons (Fsp3) is 0.333. The summed E-state index contributed by atoms with van der Waals surface area (Å²) in [5.74, 6) is -0.755. The van der Waals surface area contributed by atoms with Gasteiger partial charge in [-0.15, -0.1) is 0 Å². The summed E-state index contributed by atoms with van der Waals surface area (Å²) in [4.78, 5) is 10.4. The highest BCUT2D eigenvalue weighted by atomic mass is 16.5. The first-order valence-electron chi connectivity index (χ1n) is 5.24. The van der Waals surface area contributed by atoms with Gasteiger partial charge in [0.15, 0.2) is 5.58 Å². The van der Waals surface area contributed by atoms with Gasteiger partial charge in [-0.1, -0.05) is 17.3 Å². The molecule has 1 N–H and O–H groups in total. The van der Waals surface area contributed by atoms with Crippen molar-refractivity contribution in [2.24, 2.45) is 0 Å². The van der Waals surface area contributed by atoms with Crippen LogP contribution in [0.15, 0.2) is 22.7 Å². The predicted molar refractivity (Wildman–Crippen MR) is 59.3 cm³/mol. The van der Waals surface area contributed by atoms with E-state index in [-0.39, 0.29) is 6.42 Å². The number of benzene rings is 1. The van der Waals surface area contributed by atoms with E-state index in [9.17, 15) is 4.79 Å². The molecule has 0 saturated heterocycles. The van der Waals surface area contributed by atoms with Crippen LogP contribution in [0.2, 0.25) is 0 Å². The zero-order valence-corrected chi connectivity index (χ0v) is 9.06. The molecule has 0 spiro atoms. The molecule has 1 heterocycles. The molecule has 0 aliphatic heterocycles. The lowest BCUT2D eigenvalue weighted by molar-refractivity contribution is -0.137. The van der Waals surface area contributed by atoms with Crippen molar-refractivity contribution in [3.63, 3.8) is 0 Å². The van der Waals surface area contributed by atoms with Gasteiger partial charge >= 0.3 is 5.97 Å². The summed E-state index contributed by atoms with van der Waals surface area (Å²) < 4.78 is 5.15. The molecule has 1 aromatic carbocycles. The molecule has 0 saturated carbocycles. The molecule has 4 nitrogen and oxygen atoms in total. The Kier molecular flexibility index (Phi) is 2.90. The topological polar surface area (TPSA) is 63.3 Å². The molecule has 84 valence electrons. The van der Waals surface area contributed by atoms with Crippen molar-refractivity contribution in [3.8, 4) is 0 Å². The van der Waals surface area contributed by atoms with Gasteiger partial charge < -0.3 is 9.63 Å². The van der Waals surface area contributed by atoms with Crippen molar-refractivity contribution in [2.45, 2.75) is 26.2 Å². The molecule has 0 aliphatic rings. The molecule has 0 fully saturated rings. The SMILES string of the molecule is Cc1noc2cccc(CCCC(=O)O)c12. The molecule has 1 aromatic heterocycles. The lowest BCUT2D eigenvalue weighted by Crippen LogP contribution is -1.96. The summed E-state index contributed by atoms with van der Waals surface area (Å²) in [6.07, 6.45) is 1.57. The third-order valence-electron chi connectivity index (χ3n) is 2.59. The summed E-state index contributed by atoms with van der Waals surface area (Å²) in [5, 5.41) is 13.5. The van der Waals surface area contributed by atoms with Gasteiger partial charge in [0.1, 0.15) is 0 Å². The Balaban J connectivity index is 2.23. The van der Waals surface area contributed by atoms with Gasteiger partial charge in [-0.2, -0.15) is 0 Å². The Morgan fingerprint density at radius 2 is 2.31 bits per heavy atom. The summed E-state index contributed by atoms with van der Waals surface area (Å²) in [6, 6.07) is 5.77. The van der Waals surface area contributed by atoms with Gasteiger partial charge in [-0.3, -0.25) is 4.79 Å². The van der Waals surface area contributed by atoms with Crippen LogP contribution < -0.4 is 0 Å². The number of hydrogen-bond acceptors (Lipinski definition) is 3. The van der Waals surface area contributed by atoms with Gasteiger partial charge in [0.2, 0.25) is 0 Å². The quantitative estimate of drug-likeness (QED) is 0.858. The van der Waals surface area contributed by atoms with E-state index in [1.165, 1.54) is 0 Å². The molecular formula is C12H13NO3. The fourth-order valence-electron chi connectivity index (χ4n) is 1.86. The van der Waals surface area contributed by atoms with E-state index in [2.05, 4.69) is 5.16 Å². The number of carboxylic acid groups (broad SMARTS) is 1. The Morgan fingerprint density at radius 1 is 1.50 bits per heavy atom. The van der Waals surface area contributed by atoms with E-state index in [1.807, 2.05) is 25.1 Å². The highest BCUT2D eigenvalue weighted by molar-refractivity contribution is 5.83. The van der Waals surface area contributed by atoms with Crippen LogP contribution in [0.1, 0.15) is 24.1 Å². The third-order valence-corrected chi connectivity index (χ3v) is 2.59. The maximum Gasteiger partial charge on any atom is 0.303 e. The smallest absolute Gasteiger partial charge is 0.303 e. The Labute approximate surface area is 92.9 Å². The number of carbonyl (C=O) groups is 1. The molecule has 2 aromatic rings. The van der Waals surface area contributed by atoms with E-state index >= 15 is 0 Å². The van der Waals surface area contributed by atoms with E-state index in [0.29, 0.717) is 6.42 Å². The first kappa shape index (κ1) is 10.7. The highest BCUT2D eigenvalue weighted by Gasteiger charge is 2.09. The normalized spacial score (nSPS) is 10.8. The van der Waals surface area contributed by atoms with Crippen molar-refractivity contribution < 1.29 is 14.4 Å². The first-order chi connectivity index (χ1) is 7.68. The largest absolute Gasteiger partial charge is 0.481 e. The van der Waals surface area contributed by atoms with Crippen LogP contribution in [0.25, 0.3) is 11.0 Å². The molecule has 0 amide bonds. The van der Waals surface area contributed by atoms with Gasteiger partial charge in [0.25, 0.3) is 0 Å². The maximum absolute atomic E-state index is 10.4. The second kappa shape index (κ2) is 4.35. The average molecular weight is 219 g/mol. The number of rotatable bonds is 4. The van der Waals surface area contributed by atoms with Crippen LogP contribution in [0.3, 0.4) is 0 Å².